The highest BCUT2D eigenvalue weighted by molar-refractivity contribution is 6.72. The minimum absolute atomic E-state index is 0.231. The topological polar surface area (TPSA) is 24.7 Å². The molecule has 0 aromatic rings. The van der Waals surface area contributed by atoms with E-state index in [1.165, 1.54) is 0 Å². The van der Waals surface area contributed by atoms with Gasteiger partial charge in [-0.2, -0.15) is 0 Å². The van der Waals surface area contributed by atoms with Gasteiger partial charge in [0, 0.05) is 5.92 Å². The fourth-order valence-electron chi connectivity index (χ4n) is 0.521. The van der Waals surface area contributed by atoms with Crippen LogP contribution >= 0.6 is 23.2 Å². The Morgan fingerprint density at radius 1 is 1.56 bits per heavy atom. The van der Waals surface area contributed by atoms with Crippen molar-refractivity contribution in [3.8, 4) is 0 Å². The van der Waals surface area contributed by atoms with Crippen molar-refractivity contribution in [2.45, 2.75) is 6.92 Å². The van der Waals surface area contributed by atoms with E-state index in [4.69, 9.17) is 23.2 Å². The molecular formula is C5H6Cl2N2. The predicted molar refractivity (Wildman–Crippen MR) is 40.6 cm³/mol. The molecule has 4 heteroatoms. The van der Waals surface area contributed by atoms with Crippen molar-refractivity contribution in [2.24, 2.45) is 15.9 Å². The molecule has 1 aliphatic rings. The first-order valence-electron chi connectivity index (χ1n) is 2.64. The van der Waals surface area contributed by atoms with Crippen molar-refractivity contribution < 1.29 is 0 Å². The number of amidine groups is 1. The largest absolute Gasteiger partial charge is 0.255 e. The van der Waals surface area contributed by atoms with Crippen LogP contribution in [0, 0.1) is 5.92 Å². The van der Waals surface area contributed by atoms with Gasteiger partial charge in [0.05, 0.1) is 6.54 Å². The second kappa shape index (κ2) is 2.67. The summed E-state index contributed by atoms with van der Waals surface area (Å²) in [5.41, 5.74) is 0. The van der Waals surface area contributed by atoms with E-state index in [2.05, 4.69) is 9.98 Å². The van der Waals surface area contributed by atoms with Crippen LogP contribution in [0.25, 0.3) is 0 Å². The fraction of sp³-hybridized carbons (Fsp3) is 0.600. The first-order chi connectivity index (χ1) is 4.20. The van der Waals surface area contributed by atoms with Crippen LogP contribution in [0.3, 0.4) is 0 Å². The highest BCUT2D eigenvalue weighted by Gasteiger charge is 2.12. The number of nitrogens with zero attached hydrogens (tertiary/aromatic N) is 2. The molecule has 9 heavy (non-hydrogen) atoms. The summed E-state index contributed by atoms with van der Waals surface area (Å²) in [5.74, 6) is 0.231. The maximum atomic E-state index is 5.65. The summed E-state index contributed by atoms with van der Waals surface area (Å²) < 4.78 is 0. The standard InChI is InChI=1S/C5H6Cl2N2/c1-3-2-8-5(7)9-4(3)6/h3H,2H2,1H3. The zero-order valence-electron chi connectivity index (χ0n) is 4.93. The van der Waals surface area contributed by atoms with Crippen molar-refractivity contribution in [1.82, 2.24) is 0 Å². The van der Waals surface area contributed by atoms with Gasteiger partial charge in [-0.1, -0.05) is 18.5 Å². The molecule has 1 atom stereocenters. The van der Waals surface area contributed by atoms with Gasteiger partial charge < -0.3 is 0 Å². The van der Waals surface area contributed by atoms with E-state index in [1.54, 1.807) is 0 Å². The quantitative estimate of drug-likeness (QED) is 0.489. The van der Waals surface area contributed by atoms with Gasteiger partial charge in [0.25, 0.3) is 0 Å². The van der Waals surface area contributed by atoms with E-state index in [0.29, 0.717) is 11.7 Å². The monoisotopic (exact) mass is 164 g/mol. The molecule has 50 valence electrons. The van der Waals surface area contributed by atoms with E-state index in [9.17, 15) is 0 Å². The summed E-state index contributed by atoms with van der Waals surface area (Å²) in [6.07, 6.45) is 0. The van der Waals surface area contributed by atoms with Crippen molar-refractivity contribution in [2.75, 3.05) is 6.54 Å². The van der Waals surface area contributed by atoms with Gasteiger partial charge in [0.2, 0.25) is 5.29 Å². The smallest absolute Gasteiger partial charge is 0.218 e. The molecule has 0 aliphatic carbocycles. The molecule has 0 aromatic carbocycles. The molecule has 1 heterocycles. The summed E-state index contributed by atoms with van der Waals surface area (Å²) in [6.45, 7) is 2.61. The van der Waals surface area contributed by atoms with Crippen LogP contribution < -0.4 is 0 Å². The average molecular weight is 165 g/mol. The van der Waals surface area contributed by atoms with E-state index in [1.807, 2.05) is 6.92 Å². The van der Waals surface area contributed by atoms with Crippen molar-refractivity contribution in [3.63, 3.8) is 0 Å². The minimum Gasteiger partial charge on any atom is -0.255 e. The van der Waals surface area contributed by atoms with Crippen LogP contribution in [0.5, 0.6) is 0 Å². The third-order valence-electron chi connectivity index (χ3n) is 1.10. The molecule has 0 fully saturated rings. The lowest BCUT2D eigenvalue weighted by Crippen LogP contribution is -2.14. The van der Waals surface area contributed by atoms with Crippen molar-refractivity contribution >= 4 is 33.7 Å². The van der Waals surface area contributed by atoms with Crippen LogP contribution in [0.1, 0.15) is 6.92 Å². The van der Waals surface area contributed by atoms with E-state index >= 15 is 0 Å². The van der Waals surface area contributed by atoms with Crippen molar-refractivity contribution in [3.05, 3.63) is 0 Å². The lowest BCUT2D eigenvalue weighted by atomic mass is 10.2. The molecule has 0 radical (unpaired) electrons. The average Bonchev–Trinajstić information content (AvgIpc) is 1.80. The second-order valence-corrected chi connectivity index (χ2v) is 2.67. The SMILES string of the molecule is CC1CN=C(Cl)N=C1Cl. The summed E-state index contributed by atoms with van der Waals surface area (Å²) in [4.78, 5) is 7.63. The molecule has 0 amide bonds. The Morgan fingerprint density at radius 3 is 2.67 bits per heavy atom. The first kappa shape index (κ1) is 7.03. The zero-order valence-corrected chi connectivity index (χ0v) is 6.45. The Bertz CT molecular complexity index is 174. The van der Waals surface area contributed by atoms with Gasteiger partial charge in [-0.3, -0.25) is 4.99 Å². The lowest BCUT2D eigenvalue weighted by molar-refractivity contribution is 0.785. The zero-order chi connectivity index (χ0) is 6.85. The van der Waals surface area contributed by atoms with Gasteiger partial charge in [-0.15, -0.1) is 0 Å². The van der Waals surface area contributed by atoms with Gasteiger partial charge in [0.15, 0.2) is 0 Å². The maximum absolute atomic E-state index is 5.65. The molecule has 1 unspecified atom stereocenters. The summed E-state index contributed by atoms with van der Waals surface area (Å²) in [6, 6.07) is 0. The lowest BCUT2D eigenvalue weighted by Gasteiger charge is -2.09. The van der Waals surface area contributed by atoms with Gasteiger partial charge in [-0.05, 0) is 11.6 Å². The number of halogens is 2. The second-order valence-electron chi connectivity index (χ2n) is 1.95. The molecule has 1 rings (SSSR count). The highest BCUT2D eigenvalue weighted by atomic mass is 35.5. The number of rotatable bonds is 0. The third kappa shape index (κ3) is 1.66. The van der Waals surface area contributed by atoms with Gasteiger partial charge in [-0.25, -0.2) is 4.99 Å². The third-order valence-corrected chi connectivity index (χ3v) is 1.76. The normalized spacial score (nSPS) is 27.2. The van der Waals surface area contributed by atoms with Gasteiger partial charge in [0.1, 0.15) is 5.17 Å². The Labute approximate surface area is 63.6 Å². The maximum Gasteiger partial charge on any atom is 0.218 e. The Balaban J connectivity index is 2.74. The summed E-state index contributed by atoms with van der Waals surface area (Å²) >= 11 is 11.1. The molecule has 0 N–H and O–H groups in total. The van der Waals surface area contributed by atoms with Gasteiger partial charge >= 0.3 is 0 Å². The summed E-state index contributed by atoms with van der Waals surface area (Å²) in [5, 5.41) is 0.813. The Morgan fingerprint density at radius 2 is 2.22 bits per heavy atom. The van der Waals surface area contributed by atoms with E-state index in [-0.39, 0.29) is 11.2 Å². The summed E-state index contributed by atoms with van der Waals surface area (Å²) in [7, 11) is 0. The first-order valence-corrected chi connectivity index (χ1v) is 3.40. The van der Waals surface area contributed by atoms with E-state index in [0.717, 1.165) is 0 Å². The van der Waals surface area contributed by atoms with Crippen LogP contribution in [-0.4, -0.2) is 17.0 Å². The fourth-order valence-corrected chi connectivity index (χ4v) is 0.874. The van der Waals surface area contributed by atoms with Crippen LogP contribution in [-0.2, 0) is 0 Å². The molecule has 0 spiro atoms. The van der Waals surface area contributed by atoms with Crippen LogP contribution in [0.2, 0.25) is 0 Å². The highest BCUT2D eigenvalue weighted by Crippen LogP contribution is 2.10. The molecular weight excluding hydrogens is 159 g/mol. The number of hydrogen-bond donors (Lipinski definition) is 0. The predicted octanol–water partition coefficient (Wildman–Crippen LogP) is 1.87. The Hall–Kier alpha value is -0.0800. The van der Waals surface area contributed by atoms with Crippen LogP contribution in [0.15, 0.2) is 9.98 Å². The minimum atomic E-state index is 0.231. The van der Waals surface area contributed by atoms with E-state index < -0.39 is 0 Å². The van der Waals surface area contributed by atoms with Crippen molar-refractivity contribution in [1.29, 1.82) is 0 Å². The molecule has 0 aromatic heterocycles. The molecule has 0 saturated carbocycles. The number of hydrogen-bond acceptors (Lipinski definition) is 2. The molecule has 1 aliphatic heterocycles. The molecule has 2 nitrogen and oxygen atoms in total. The molecule has 0 bridgehead atoms. The molecule has 0 saturated heterocycles. The number of aliphatic imine (C=N–C) groups is 2. The Kier molecular flexibility index (Phi) is 2.09. The van der Waals surface area contributed by atoms with Crippen LogP contribution in [0.4, 0.5) is 0 Å².